The van der Waals surface area contributed by atoms with Gasteiger partial charge in [-0.05, 0) is 6.08 Å². The molecule has 0 N–H and O–H groups in total. The van der Waals surface area contributed by atoms with Crippen molar-refractivity contribution in [2.45, 2.75) is 30.6 Å². The van der Waals surface area contributed by atoms with Crippen LogP contribution in [0.15, 0.2) is 12.7 Å². The van der Waals surface area contributed by atoms with Crippen LogP contribution in [0, 0.1) is 0 Å². The molecule has 0 aromatic carbocycles. The summed E-state index contributed by atoms with van der Waals surface area (Å²) in [5.74, 6) is -23.1. The largest absolute Gasteiger partial charge is 0.381 e. The highest BCUT2D eigenvalue weighted by Crippen LogP contribution is 2.52. The molecule has 0 fully saturated rings. The van der Waals surface area contributed by atoms with E-state index in [4.69, 9.17) is 0 Å². The van der Waals surface area contributed by atoms with Gasteiger partial charge in [-0.25, -0.2) is 0 Å². The van der Waals surface area contributed by atoms with Crippen LogP contribution in [0.25, 0.3) is 0 Å². The van der Waals surface area contributed by atoms with E-state index in [1.54, 1.807) is 0 Å². The Hall–Kier alpha value is -0.820. The summed E-state index contributed by atoms with van der Waals surface area (Å²) in [4.78, 5) is 0. The summed E-state index contributed by atoms with van der Waals surface area (Å²) in [6.07, 6.45) is -0.799. The average molecular weight is 242 g/mol. The third-order valence-corrected chi connectivity index (χ3v) is 1.62. The Kier molecular flexibility index (Phi) is 3.16. The van der Waals surface area contributed by atoms with Crippen molar-refractivity contribution in [3.8, 4) is 0 Å². The summed E-state index contributed by atoms with van der Waals surface area (Å²) in [6, 6.07) is 0. The fraction of sp³-hybridized carbons (Fsp3) is 0.714. The highest BCUT2D eigenvalue weighted by atomic mass is 19.4. The van der Waals surface area contributed by atoms with E-state index in [0.29, 0.717) is 0 Å². The van der Waals surface area contributed by atoms with E-state index in [0.717, 1.165) is 0 Å². The van der Waals surface area contributed by atoms with Crippen molar-refractivity contribution < 1.29 is 35.1 Å². The molecule has 0 atom stereocenters. The first-order valence-electron chi connectivity index (χ1n) is 3.46. The van der Waals surface area contributed by atoms with Gasteiger partial charge in [0.05, 0.1) is 0 Å². The summed E-state index contributed by atoms with van der Waals surface area (Å²) < 4.78 is 98.3. The predicted octanol–water partition coefficient (Wildman–Crippen LogP) is 3.73. The van der Waals surface area contributed by atoms with Gasteiger partial charge in [-0.1, -0.05) is 6.58 Å². The molecule has 0 saturated carbocycles. The van der Waals surface area contributed by atoms with Crippen molar-refractivity contribution in [3.05, 3.63) is 12.7 Å². The Labute approximate surface area is 79.6 Å². The summed E-state index contributed by atoms with van der Waals surface area (Å²) in [5, 5.41) is 0. The zero-order valence-electron chi connectivity index (χ0n) is 7.31. The summed E-state index contributed by atoms with van der Waals surface area (Å²) >= 11 is 0. The summed E-state index contributed by atoms with van der Waals surface area (Å²) in [5.41, 5.74) is 0. The SMILES string of the molecule is C=CC(F)(F)C(F)(F)C(F)(F)C(C)(F)F. The maximum atomic E-state index is 12.4. The van der Waals surface area contributed by atoms with Gasteiger partial charge in [-0.15, -0.1) is 0 Å². The minimum atomic E-state index is -6.21. The van der Waals surface area contributed by atoms with Crippen molar-refractivity contribution in [1.82, 2.24) is 0 Å². The third kappa shape index (κ3) is 1.93. The molecule has 0 aromatic rings. The van der Waals surface area contributed by atoms with Crippen LogP contribution in [-0.2, 0) is 0 Å². The minimum Gasteiger partial charge on any atom is -0.200 e. The van der Waals surface area contributed by atoms with Crippen LogP contribution in [0.3, 0.4) is 0 Å². The molecule has 0 aliphatic carbocycles. The van der Waals surface area contributed by atoms with E-state index >= 15 is 0 Å². The highest BCUT2D eigenvalue weighted by molar-refractivity contribution is 5.08. The van der Waals surface area contributed by atoms with Gasteiger partial charge in [-0.3, -0.25) is 0 Å². The van der Waals surface area contributed by atoms with Gasteiger partial charge in [0.2, 0.25) is 0 Å². The van der Waals surface area contributed by atoms with E-state index < -0.39 is 36.7 Å². The van der Waals surface area contributed by atoms with Crippen LogP contribution in [0.4, 0.5) is 35.1 Å². The first-order valence-corrected chi connectivity index (χ1v) is 3.46. The van der Waals surface area contributed by atoms with Gasteiger partial charge in [-0.2, -0.15) is 35.1 Å². The molecule has 0 unspecified atom stereocenters. The van der Waals surface area contributed by atoms with Gasteiger partial charge >= 0.3 is 23.7 Å². The number of rotatable bonds is 4. The van der Waals surface area contributed by atoms with E-state index in [9.17, 15) is 35.1 Å². The van der Waals surface area contributed by atoms with Gasteiger partial charge < -0.3 is 0 Å². The zero-order valence-corrected chi connectivity index (χ0v) is 7.31. The van der Waals surface area contributed by atoms with Crippen molar-refractivity contribution in [2.24, 2.45) is 0 Å². The third-order valence-electron chi connectivity index (χ3n) is 1.62. The normalized spacial score (nSPS) is 15.3. The van der Waals surface area contributed by atoms with Crippen LogP contribution in [0.5, 0.6) is 0 Å². The fourth-order valence-corrected chi connectivity index (χ4v) is 0.613. The molecule has 0 saturated heterocycles. The molecule has 15 heavy (non-hydrogen) atoms. The van der Waals surface area contributed by atoms with Crippen LogP contribution in [0.2, 0.25) is 0 Å². The maximum absolute atomic E-state index is 12.4. The van der Waals surface area contributed by atoms with E-state index in [-0.39, 0.29) is 0 Å². The molecule has 0 aliphatic rings. The molecule has 0 aliphatic heterocycles. The molecule has 0 rings (SSSR count). The molecule has 0 heterocycles. The Morgan fingerprint density at radius 2 is 1.13 bits per heavy atom. The number of allylic oxidation sites excluding steroid dienone is 1. The average Bonchev–Trinajstić information content (AvgIpc) is 2.01. The first kappa shape index (κ1) is 14.2. The molecular formula is C7H6F8. The van der Waals surface area contributed by atoms with Gasteiger partial charge in [0.25, 0.3) is 0 Å². The van der Waals surface area contributed by atoms with E-state index in [1.807, 2.05) is 0 Å². The second-order valence-corrected chi connectivity index (χ2v) is 2.86. The molecule has 0 aromatic heterocycles. The Morgan fingerprint density at radius 1 is 0.800 bits per heavy atom. The van der Waals surface area contributed by atoms with E-state index in [2.05, 4.69) is 6.58 Å². The smallest absolute Gasteiger partial charge is 0.200 e. The summed E-state index contributed by atoms with van der Waals surface area (Å²) in [6.45, 7) is 1.62. The van der Waals surface area contributed by atoms with Crippen molar-refractivity contribution in [2.75, 3.05) is 0 Å². The van der Waals surface area contributed by atoms with Crippen LogP contribution >= 0.6 is 0 Å². The molecule has 0 spiro atoms. The molecule has 0 nitrogen and oxygen atoms in total. The van der Waals surface area contributed by atoms with Crippen LogP contribution < -0.4 is 0 Å². The first-order chi connectivity index (χ1) is 6.31. The quantitative estimate of drug-likeness (QED) is 0.520. The lowest BCUT2D eigenvalue weighted by Crippen LogP contribution is -2.60. The van der Waals surface area contributed by atoms with Crippen LogP contribution in [-0.4, -0.2) is 23.7 Å². The lowest BCUT2D eigenvalue weighted by Gasteiger charge is -2.34. The number of hydrogen-bond donors (Lipinski definition) is 0. The number of alkyl halides is 8. The van der Waals surface area contributed by atoms with Crippen molar-refractivity contribution in [3.63, 3.8) is 0 Å². The summed E-state index contributed by atoms with van der Waals surface area (Å²) in [7, 11) is 0. The van der Waals surface area contributed by atoms with Gasteiger partial charge in [0, 0.05) is 6.92 Å². The van der Waals surface area contributed by atoms with Crippen molar-refractivity contribution >= 4 is 0 Å². The molecule has 0 amide bonds. The lowest BCUT2D eigenvalue weighted by molar-refractivity contribution is -0.351. The molecule has 0 bridgehead atoms. The topological polar surface area (TPSA) is 0 Å². The maximum Gasteiger partial charge on any atom is 0.381 e. The molecule has 90 valence electrons. The Balaban J connectivity index is 5.47. The zero-order chi connectivity index (χ0) is 12.7. The van der Waals surface area contributed by atoms with E-state index in [1.165, 1.54) is 0 Å². The molecule has 8 heteroatoms. The van der Waals surface area contributed by atoms with Gasteiger partial charge in [0.1, 0.15) is 0 Å². The minimum absolute atomic E-state index is 0.569. The number of hydrogen-bond acceptors (Lipinski definition) is 0. The predicted molar refractivity (Wildman–Crippen MR) is 35.7 cm³/mol. The van der Waals surface area contributed by atoms with Crippen molar-refractivity contribution in [1.29, 1.82) is 0 Å². The highest BCUT2D eigenvalue weighted by Gasteiger charge is 2.78. The Morgan fingerprint density at radius 3 is 1.33 bits per heavy atom. The lowest BCUT2D eigenvalue weighted by atomic mass is 10.00. The monoisotopic (exact) mass is 242 g/mol. The van der Waals surface area contributed by atoms with Gasteiger partial charge in [0.15, 0.2) is 0 Å². The van der Waals surface area contributed by atoms with Crippen LogP contribution in [0.1, 0.15) is 6.92 Å². The number of halogens is 8. The second-order valence-electron chi connectivity index (χ2n) is 2.86. The fourth-order valence-electron chi connectivity index (χ4n) is 0.613. The molecular weight excluding hydrogens is 236 g/mol. The Bertz CT molecular complexity index is 248. The molecule has 0 radical (unpaired) electrons. The standard InChI is InChI=1S/C7H6F8/c1-3-5(10,11)7(14,15)6(12,13)4(2,8)9/h3H,1H2,2H3. The second kappa shape index (κ2) is 3.34.